The van der Waals surface area contributed by atoms with Gasteiger partial charge in [0.05, 0.1) is 11.4 Å². The molecule has 0 saturated carbocycles. The Balaban J connectivity index is 1.92. The molecular weight excluding hydrogens is 292 g/mol. The highest BCUT2D eigenvalue weighted by Crippen LogP contribution is 2.25. The number of aryl methyl sites for hydroxylation is 1. The molecule has 0 aliphatic carbocycles. The van der Waals surface area contributed by atoms with Crippen molar-refractivity contribution in [2.45, 2.75) is 52.7 Å². The number of aromatic nitrogens is 2. The van der Waals surface area contributed by atoms with Crippen molar-refractivity contribution in [1.82, 2.24) is 20.2 Å². The summed E-state index contributed by atoms with van der Waals surface area (Å²) in [6.07, 6.45) is 4.74. The summed E-state index contributed by atoms with van der Waals surface area (Å²) in [7, 11) is 0. The van der Waals surface area contributed by atoms with Gasteiger partial charge in [0.2, 0.25) is 0 Å². The molecule has 128 valence electrons. The molecule has 1 aliphatic heterocycles. The van der Waals surface area contributed by atoms with Crippen LogP contribution in [0.25, 0.3) is 0 Å². The maximum Gasteiger partial charge on any atom is 0.255 e. The zero-order valence-electron chi connectivity index (χ0n) is 14.6. The lowest BCUT2D eigenvalue weighted by Gasteiger charge is -2.40. The smallest absolute Gasteiger partial charge is 0.255 e. The van der Waals surface area contributed by atoms with Gasteiger partial charge >= 0.3 is 0 Å². The van der Waals surface area contributed by atoms with Crippen molar-refractivity contribution in [3.05, 3.63) is 23.8 Å². The van der Waals surface area contributed by atoms with Crippen LogP contribution in [0, 0.1) is 12.3 Å². The molecule has 0 radical (unpaired) electrons. The second-order valence-electron chi connectivity index (χ2n) is 7.68. The van der Waals surface area contributed by atoms with Crippen LogP contribution in [-0.2, 0) is 11.3 Å². The highest BCUT2D eigenvalue weighted by molar-refractivity contribution is 5.86. The van der Waals surface area contributed by atoms with Crippen LogP contribution in [-0.4, -0.2) is 51.1 Å². The van der Waals surface area contributed by atoms with Crippen LogP contribution in [0.1, 0.15) is 45.0 Å². The molecule has 6 heteroatoms. The second-order valence-corrected chi connectivity index (χ2v) is 7.68. The number of likely N-dealkylation sites (tertiary alicyclic amines) is 1. The summed E-state index contributed by atoms with van der Waals surface area (Å²) in [5.41, 5.74) is 0.377. The average Bonchev–Trinajstić information content (AvgIpc) is 2.45. The SMILES string of the molecule is Cc1cnc(CNCC2(O)CCCN(CC(C)(C)C)C2=O)cn1. The fraction of sp³-hybridized carbons (Fsp3) is 0.706. The molecule has 23 heavy (non-hydrogen) atoms. The molecule has 1 unspecified atom stereocenters. The summed E-state index contributed by atoms with van der Waals surface area (Å²) in [6, 6.07) is 0. The molecule has 6 nitrogen and oxygen atoms in total. The van der Waals surface area contributed by atoms with Gasteiger partial charge in [-0.3, -0.25) is 14.8 Å². The first-order valence-electron chi connectivity index (χ1n) is 8.20. The minimum atomic E-state index is -1.32. The maximum absolute atomic E-state index is 12.6. The minimum Gasteiger partial charge on any atom is -0.379 e. The van der Waals surface area contributed by atoms with Gasteiger partial charge < -0.3 is 15.3 Å². The molecule has 1 saturated heterocycles. The van der Waals surface area contributed by atoms with Crippen molar-refractivity contribution in [2.24, 2.45) is 5.41 Å². The Morgan fingerprint density at radius 2 is 2.09 bits per heavy atom. The molecule has 1 fully saturated rings. The lowest BCUT2D eigenvalue weighted by Crippen LogP contribution is -2.59. The average molecular weight is 320 g/mol. The Morgan fingerprint density at radius 1 is 1.35 bits per heavy atom. The number of nitrogens with one attached hydrogen (secondary N) is 1. The van der Waals surface area contributed by atoms with E-state index < -0.39 is 5.60 Å². The zero-order chi connectivity index (χ0) is 17.1. The number of carbonyl (C=O) groups is 1. The maximum atomic E-state index is 12.6. The zero-order valence-corrected chi connectivity index (χ0v) is 14.6. The molecule has 2 rings (SSSR count). The van der Waals surface area contributed by atoms with E-state index in [4.69, 9.17) is 0 Å². The van der Waals surface area contributed by atoms with Crippen LogP contribution < -0.4 is 5.32 Å². The Hall–Kier alpha value is -1.53. The lowest BCUT2D eigenvalue weighted by molar-refractivity contribution is -0.158. The Labute approximate surface area is 138 Å². The van der Waals surface area contributed by atoms with Crippen LogP contribution >= 0.6 is 0 Å². The van der Waals surface area contributed by atoms with Gasteiger partial charge in [0.1, 0.15) is 0 Å². The fourth-order valence-corrected chi connectivity index (χ4v) is 2.86. The summed E-state index contributed by atoms with van der Waals surface area (Å²) in [6.45, 7) is 10.3. The molecule has 1 aliphatic rings. The van der Waals surface area contributed by atoms with E-state index >= 15 is 0 Å². The third kappa shape index (κ3) is 4.97. The molecule has 0 aromatic carbocycles. The standard InChI is InChI=1S/C17H28N4O2/c1-13-8-20-14(10-19-13)9-18-11-17(23)6-5-7-21(15(17)22)12-16(2,3)4/h8,10,18,23H,5-7,9,11-12H2,1-4H3. The van der Waals surface area contributed by atoms with E-state index in [0.29, 0.717) is 19.5 Å². The van der Waals surface area contributed by atoms with E-state index in [1.807, 2.05) is 6.92 Å². The number of nitrogens with zero attached hydrogens (tertiary/aromatic N) is 3. The molecular formula is C17H28N4O2. The minimum absolute atomic E-state index is 0.0266. The molecule has 1 aromatic rings. The van der Waals surface area contributed by atoms with Gasteiger partial charge in [-0.1, -0.05) is 20.8 Å². The van der Waals surface area contributed by atoms with Gasteiger partial charge in [0, 0.05) is 38.6 Å². The number of amides is 1. The Kier molecular flexibility index (Phi) is 5.37. The van der Waals surface area contributed by atoms with Crippen LogP contribution in [0.4, 0.5) is 0 Å². The van der Waals surface area contributed by atoms with Gasteiger partial charge in [0.15, 0.2) is 5.60 Å². The molecule has 1 atom stereocenters. The second kappa shape index (κ2) is 6.93. The molecule has 1 aromatic heterocycles. The highest BCUT2D eigenvalue weighted by atomic mass is 16.3. The predicted octanol–water partition coefficient (Wildman–Crippen LogP) is 1.27. The van der Waals surface area contributed by atoms with E-state index in [9.17, 15) is 9.90 Å². The molecule has 0 spiro atoms. The van der Waals surface area contributed by atoms with E-state index in [1.54, 1.807) is 17.3 Å². The Morgan fingerprint density at radius 3 is 2.70 bits per heavy atom. The van der Waals surface area contributed by atoms with E-state index in [2.05, 4.69) is 36.1 Å². The van der Waals surface area contributed by atoms with E-state index in [1.165, 1.54) is 0 Å². The van der Waals surface area contributed by atoms with Crippen LogP contribution in [0.3, 0.4) is 0 Å². The predicted molar refractivity (Wildman–Crippen MR) is 88.7 cm³/mol. The topological polar surface area (TPSA) is 78.4 Å². The van der Waals surface area contributed by atoms with Crippen LogP contribution in [0.5, 0.6) is 0 Å². The number of hydrogen-bond donors (Lipinski definition) is 2. The quantitative estimate of drug-likeness (QED) is 0.854. The van der Waals surface area contributed by atoms with Crippen molar-refractivity contribution in [2.75, 3.05) is 19.6 Å². The van der Waals surface area contributed by atoms with Gasteiger partial charge in [0.25, 0.3) is 5.91 Å². The van der Waals surface area contributed by atoms with Crippen LogP contribution in [0.2, 0.25) is 0 Å². The summed E-state index contributed by atoms with van der Waals surface area (Å²) >= 11 is 0. The number of aliphatic hydroxyl groups is 1. The lowest BCUT2D eigenvalue weighted by atomic mass is 9.88. The van der Waals surface area contributed by atoms with Crippen LogP contribution in [0.15, 0.2) is 12.4 Å². The number of rotatable bonds is 5. The van der Waals surface area contributed by atoms with Gasteiger partial charge in [-0.25, -0.2) is 0 Å². The first-order valence-corrected chi connectivity index (χ1v) is 8.20. The normalized spacial score (nSPS) is 22.5. The number of piperidine rings is 1. The van der Waals surface area contributed by atoms with Gasteiger partial charge in [-0.2, -0.15) is 0 Å². The van der Waals surface area contributed by atoms with Crippen molar-refractivity contribution in [3.63, 3.8) is 0 Å². The Bertz CT molecular complexity index is 539. The van der Waals surface area contributed by atoms with Gasteiger partial charge in [-0.05, 0) is 25.2 Å². The highest BCUT2D eigenvalue weighted by Gasteiger charge is 2.42. The number of hydrogen-bond acceptors (Lipinski definition) is 5. The summed E-state index contributed by atoms with van der Waals surface area (Å²) < 4.78 is 0. The third-order valence-corrected chi connectivity index (χ3v) is 3.93. The summed E-state index contributed by atoms with van der Waals surface area (Å²) in [4.78, 5) is 22.9. The fourth-order valence-electron chi connectivity index (χ4n) is 2.86. The van der Waals surface area contributed by atoms with Gasteiger partial charge in [-0.15, -0.1) is 0 Å². The first kappa shape index (κ1) is 17.8. The van der Waals surface area contributed by atoms with E-state index in [-0.39, 0.29) is 17.9 Å². The van der Waals surface area contributed by atoms with Crippen molar-refractivity contribution in [3.8, 4) is 0 Å². The summed E-state index contributed by atoms with van der Waals surface area (Å²) in [5, 5.41) is 13.9. The van der Waals surface area contributed by atoms with Crippen molar-refractivity contribution in [1.29, 1.82) is 0 Å². The monoisotopic (exact) mass is 320 g/mol. The van der Waals surface area contributed by atoms with E-state index in [0.717, 1.165) is 24.4 Å². The largest absolute Gasteiger partial charge is 0.379 e. The molecule has 2 N–H and O–H groups in total. The van der Waals surface area contributed by atoms with Crippen molar-refractivity contribution < 1.29 is 9.90 Å². The summed E-state index contributed by atoms with van der Waals surface area (Å²) in [5.74, 6) is -0.166. The molecule has 2 heterocycles. The number of carbonyl (C=O) groups excluding carboxylic acids is 1. The van der Waals surface area contributed by atoms with Crippen molar-refractivity contribution >= 4 is 5.91 Å². The molecule has 0 bridgehead atoms. The molecule has 1 amide bonds. The first-order chi connectivity index (χ1) is 10.7. The third-order valence-electron chi connectivity index (χ3n) is 3.93.